The predicted molar refractivity (Wildman–Crippen MR) is 104 cm³/mol. The molecule has 4 rings (SSSR count). The molecule has 2 fully saturated rings. The van der Waals surface area contributed by atoms with E-state index in [1.807, 2.05) is 11.0 Å². The number of likely N-dealkylation sites (tertiary alicyclic amines) is 1. The Labute approximate surface area is 168 Å². The van der Waals surface area contributed by atoms with E-state index in [0.717, 1.165) is 24.8 Å². The van der Waals surface area contributed by atoms with Gasteiger partial charge in [-0.15, -0.1) is 0 Å². The molecule has 1 aromatic carbocycles. The highest BCUT2D eigenvalue weighted by Crippen LogP contribution is 2.29. The first-order valence-corrected chi connectivity index (χ1v) is 10.0. The second kappa shape index (κ2) is 8.38. The molecule has 2 amide bonds. The number of benzene rings is 1. The van der Waals surface area contributed by atoms with Crippen molar-refractivity contribution < 1.29 is 24.2 Å². The van der Waals surface area contributed by atoms with Crippen molar-refractivity contribution in [2.24, 2.45) is 5.92 Å². The zero-order valence-electron chi connectivity index (χ0n) is 16.1. The first-order valence-electron chi connectivity index (χ1n) is 10.0. The lowest BCUT2D eigenvalue weighted by Gasteiger charge is -2.34. The van der Waals surface area contributed by atoms with Crippen LogP contribution in [0.4, 0.5) is 5.69 Å². The summed E-state index contributed by atoms with van der Waals surface area (Å²) in [5.74, 6) is 0.150. The maximum Gasteiger partial charge on any atom is 0.304 e. The predicted octanol–water partition coefficient (Wildman–Crippen LogP) is 0.508. The SMILES string of the molecule is O=C(O)CC1CC(C2CCN(C(=O)Cc3ccc4c(c3)NC(=O)CO4)CC2)NN1. The zero-order valence-corrected chi connectivity index (χ0v) is 16.1. The fourth-order valence-electron chi connectivity index (χ4n) is 4.38. The topological polar surface area (TPSA) is 120 Å². The van der Waals surface area contributed by atoms with Crippen LogP contribution in [0.25, 0.3) is 0 Å². The molecule has 156 valence electrons. The number of ether oxygens (including phenoxy) is 1. The van der Waals surface area contributed by atoms with Crippen LogP contribution in [-0.4, -0.2) is 59.6 Å². The summed E-state index contributed by atoms with van der Waals surface area (Å²) in [5, 5.41) is 11.7. The summed E-state index contributed by atoms with van der Waals surface area (Å²) in [6.07, 6.45) is 3.01. The molecule has 2 saturated heterocycles. The van der Waals surface area contributed by atoms with Crippen LogP contribution < -0.4 is 20.9 Å². The zero-order chi connectivity index (χ0) is 20.4. The van der Waals surface area contributed by atoms with Gasteiger partial charge in [0.1, 0.15) is 5.75 Å². The van der Waals surface area contributed by atoms with Crippen LogP contribution in [0.5, 0.6) is 5.75 Å². The lowest BCUT2D eigenvalue weighted by molar-refractivity contribution is -0.137. The summed E-state index contributed by atoms with van der Waals surface area (Å²) in [6, 6.07) is 5.66. The number of nitrogens with one attached hydrogen (secondary N) is 3. The number of fused-ring (bicyclic) bond motifs is 1. The van der Waals surface area contributed by atoms with Gasteiger partial charge in [0, 0.05) is 25.2 Å². The van der Waals surface area contributed by atoms with Crippen molar-refractivity contribution in [3.05, 3.63) is 23.8 Å². The molecule has 1 aromatic rings. The third-order valence-corrected chi connectivity index (χ3v) is 5.93. The minimum atomic E-state index is -0.793. The molecular weight excluding hydrogens is 376 g/mol. The van der Waals surface area contributed by atoms with E-state index in [-0.39, 0.29) is 43.3 Å². The van der Waals surface area contributed by atoms with Gasteiger partial charge >= 0.3 is 5.97 Å². The molecule has 3 heterocycles. The molecule has 0 aliphatic carbocycles. The van der Waals surface area contributed by atoms with Crippen LogP contribution in [0, 0.1) is 5.92 Å². The largest absolute Gasteiger partial charge is 0.482 e. The van der Waals surface area contributed by atoms with Crippen LogP contribution >= 0.6 is 0 Å². The molecule has 0 spiro atoms. The van der Waals surface area contributed by atoms with Crippen LogP contribution in [0.2, 0.25) is 0 Å². The minimum Gasteiger partial charge on any atom is -0.482 e. The van der Waals surface area contributed by atoms with Gasteiger partial charge in [-0.3, -0.25) is 25.2 Å². The number of amides is 2. The van der Waals surface area contributed by atoms with E-state index in [0.29, 0.717) is 30.4 Å². The highest BCUT2D eigenvalue weighted by atomic mass is 16.5. The molecule has 2 atom stereocenters. The van der Waals surface area contributed by atoms with E-state index in [2.05, 4.69) is 16.2 Å². The van der Waals surface area contributed by atoms with Gasteiger partial charge in [0.2, 0.25) is 5.91 Å². The number of hydrazine groups is 1. The van der Waals surface area contributed by atoms with Crippen LogP contribution in [0.15, 0.2) is 18.2 Å². The Kier molecular flexibility index (Phi) is 5.68. The average molecular weight is 402 g/mol. The monoisotopic (exact) mass is 402 g/mol. The number of rotatable bonds is 5. The fraction of sp³-hybridized carbons (Fsp3) is 0.550. The average Bonchev–Trinajstić information content (AvgIpc) is 3.15. The summed E-state index contributed by atoms with van der Waals surface area (Å²) < 4.78 is 5.35. The Balaban J connectivity index is 1.27. The number of piperidine rings is 1. The molecule has 4 N–H and O–H groups in total. The van der Waals surface area contributed by atoms with Crippen molar-refractivity contribution in [3.63, 3.8) is 0 Å². The number of carbonyl (C=O) groups is 3. The molecule has 9 heteroatoms. The van der Waals surface area contributed by atoms with Gasteiger partial charge in [-0.05, 0) is 42.9 Å². The van der Waals surface area contributed by atoms with Crippen molar-refractivity contribution in [2.75, 3.05) is 25.0 Å². The van der Waals surface area contributed by atoms with Gasteiger partial charge in [-0.25, -0.2) is 0 Å². The molecule has 29 heavy (non-hydrogen) atoms. The first-order chi connectivity index (χ1) is 14.0. The third-order valence-electron chi connectivity index (χ3n) is 5.93. The number of hydrogen-bond acceptors (Lipinski definition) is 6. The van der Waals surface area contributed by atoms with E-state index < -0.39 is 5.97 Å². The second-order valence-corrected chi connectivity index (χ2v) is 7.99. The van der Waals surface area contributed by atoms with Crippen molar-refractivity contribution in [1.82, 2.24) is 15.8 Å². The molecule has 3 aliphatic heterocycles. The summed E-state index contributed by atoms with van der Waals surface area (Å²) in [6.45, 7) is 1.43. The van der Waals surface area contributed by atoms with Crippen LogP contribution in [-0.2, 0) is 20.8 Å². The molecule has 0 aromatic heterocycles. The van der Waals surface area contributed by atoms with Crippen LogP contribution in [0.3, 0.4) is 0 Å². The summed E-state index contributed by atoms with van der Waals surface area (Å²) in [5.41, 5.74) is 7.77. The van der Waals surface area contributed by atoms with E-state index in [1.165, 1.54) is 0 Å². The number of anilines is 1. The Morgan fingerprint density at radius 3 is 2.76 bits per heavy atom. The number of carbonyl (C=O) groups excluding carboxylic acids is 2. The van der Waals surface area contributed by atoms with E-state index >= 15 is 0 Å². The Hall–Kier alpha value is -2.65. The molecule has 0 saturated carbocycles. The van der Waals surface area contributed by atoms with Crippen LogP contribution in [0.1, 0.15) is 31.2 Å². The van der Waals surface area contributed by atoms with E-state index in [9.17, 15) is 14.4 Å². The first kappa shape index (κ1) is 19.7. The number of carboxylic acid groups (broad SMARTS) is 1. The van der Waals surface area contributed by atoms with Crippen molar-refractivity contribution in [2.45, 2.75) is 44.2 Å². The van der Waals surface area contributed by atoms with Gasteiger partial charge in [-0.2, -0.15) is 0 Å². The molecule has 2 unspecified atom stereocenters. The van der Waals surface area contributed by atoms with Gasteiger partial charge in [0.15, 0.2) is 6.61 Å². The molecule has 9 nitrogen and oxygen atoms in total. The number of carboxylic acids is 1. The second-order valence-electron chi connectivity index (χ2n) is 7.99. The quantitative estimate of drug-likeness (QED) is 0.566. The van der Waals surface area contributed by atoms with Crippen molar-refractivity contribution >= 4 is 23.5 Å². The van der Waals surface area contributed by atoms with E-state index in [1.54, 1.807) is 12.1 Å². The van der Waals surface area contributed by atoms with Gasteiger partial charge in [-0.1, -0.05) is 6.07 Å². The molecular formula is C20H26N4O5. The maximum atomic E-state index is 12.7. The fourth-order valence-corrected chi connectivity index (χ4v) is 4.38. The van der Waals surface area contributed by atoms with Crippen molar-refractivity contribution in [3.8, 4) is 5.75 Å². The molecule has 0 radical (unpaired) electrons. The summed E-state index contributed by atoms with van der Waals surface area (Å²) in [4.78, 5) is 36.9. The lowest BCUT2D eigenvalue weighted by atomic mass is 9.87. The number of hydrogen-bond donors (Lipinski definition) is 4. The highest BCUT2D eigenvalue weighted by molar-refractivity contribution is 5.95. The third kappa shape index (κ3) is 4.68. The Morgan fingerprint density at radius 2 is 2.00 bits per heavy atom. The minimum absolute atomic E-state index is 0.0165. The highest BCUT2D eigenvalue weighted by Gasteiger charge is 2.34. The lowest BCUT2D eigenvalue weighted by Crippen LogP contribution is -2.45. The molecule has 3 aliphatic rings. The molecule has 0 bridgehead atoms. The smallest absolute Gasteiger partial charge is 0.304 e. The maximum absolute atomic E-state index is 12.7. The van der Waals surface area contributed by atoms with E-state index in [4.69, 9.17) is 9.84 Å². The normalized spacial score (nSPS) is 24.6. The van der Waals surface area contributed by atoms with Crippen molar-refractivity contribution in [1.29, 1.82) is 0 Å². The van der Waals surface area contributed by atoms with Gasteiger partial charge in [0.05, 0.1) is 18.5 Å². The number of aliphatic carboxylic acids is 1. The number of nitrogens with zero attached hydrogens (tertiary/aromatic N) is 1. The summed E-state index contributed by atoms with van der Waals surface area (Å²) >= 11 is 0. The Bertz CT molecular complexity index is 806. The Morgan fingerprint density at radius 1 is 1.21 bits per heavy atom. The van der Waals surface area contributed by atoms with Gasteiger partial charge in [0.25, 0.3) is 5.91 Å². The summed E-state index contributed by atoms with van der Waals surface area (Å²) in [7, 11) is 0. The van der Waals surface area contributed by atoms with Gasteiger partial charge < -0.3 is 20.1 Å². The standard InChI is InChI=1S/C20H26N4O5/c25-18-11-29-17-2-1-12(7-16(17)21-18)8-19(26)24-5-3-13(4-6-24)15-9-14(22-23-15)10-20(27)28/h1-2,7,13-15,22-23H,3-6,8-11H2,(H,21,25)(H,27,28).